The Hall–Kier alpha value is -2.02. The van der Waals surface area contributed by atoms with Crippen molar-refractivity contribution in [2.45, 2.75) is 73.3 Å². The lowest BCUT2D eigenvalue weighted by Crippen LogP contribution is -2.62. The summed E-state index contributed by atoms with van der Waals surface area (Å²) >= 11 is 0. The first-order chi connectivity index (χ1) is 14.0. The number of rotatable bonds is 5. The highest BCUT2D eigenvalue weighted by Gasteiger charge is 2.72. The topological polar surface area (TPSA) is 129 Å². The van der Waals surface area contributed by atoms with E-state index in [1.54, 1.807) is 20.8 Å². The highest BCUT2D eigenvalue weighted by atomic mass is 16.4. The Balaban J connectivity index is 2.23. The van der Waals surface area contributed by atoms with Gasteiger partial charge in [-0.15, -0.1) is 0 Å². The van der Waals surface area contributed by atoms with Crippen LogP contribution in [0.15, 0.2) is 11.6 Å². The van der Waals surface area contributed by atoms with Gasteiger partial charge < -0.3 is 15.3 Å². The number of carboxylic acids is 2. The number of ketones is 2. The number of aliphatic carboxylic acids is 2. The molecule has 0 aromatic heterocycles. The third kappa shape index (κ3) is 2.95. The highest BCUT2D eigenvalue weighted by Crippen LogP contribution is 2.72. The van der Waals surface area contributed by atoms with Gasteiger partial charge in [0.1, 0.15) is 11.6 Å². The summed E-state index contributed by atoms with van der Waals surface area (Å²) in [5.74, 6) is -4.15. The molecule has 3 aliphatic carbocycles. The third-order valence-corrected chi connectivity index (χ3v) is 9.38. The van der Waals surface area contributed by atoms with E-state index in [0.717, 1.165) is 0 Å². The fourth-order valence-corrected chi connectivity index (χ4v) is 7.48. The minimum absolute atomic E-state index is 0.0642. The Morgan fingerprint density at radius 1 is 1.13 bits per heavy atom. The predicted molar refractivity (Wildman–Crippen MR) is 112 cm³/mol. The number of hydrogen-bond acceptors (Lipinski definition) is 5. The van der Waals surface area contributed by atoms with Gasteiger partial charge in [-0.25, -0.2) is 0 Å². The fourth-order valence-electron chi connectivity index (χ4n) is 7.48. The van der Waals surface area contributed by atoms with Crippen molar-refractivity contribution in [2.24, 2.45) is 39.4 Å². The van der Waals surface area contributed by atoms with Crippen LogP contribution in [0, 0.1) is 39.4 Å². The number of carbonyl (C=O) groups excluding carboxylic acids is 2. The van der Waals surface area contributed by atoms with E-state index in [1.165, 1.54) is 6.92 Å². The number of aliphatic hydroxyl groups is 1. The molecule has 172 valence electrons. The van der Waals surface area contributed by atoms with Crippen molar-refractivity contribution in [1.29, 1.82) is 0 Å². The molecule has 0 bridgehead atoms. The van der Waals surface area contributed by atoms with Gasteiger partial charge in [0.25, 0.3) is 0 Å². The molecule has 0 radical (unpaired) electrons. The number of carbonyl (C=O) groups is 4. The van der Waals surface area contributed by atoms with Gasteiger partial charge >= 0.3 is 11.9 Å². The molecule has 0 saturated heterocycles. The molecule has 3 aliphatic rings. The first-order valence-electron chi connectivity index (χ1n) is 10.9. The number of Topliss-reactive ketones (excluding diaryl/α,β-unsaturated/α-hetero) is 2. The van der Waals surface area contributed by atoms with Crippen LogP contribution in [0.25, 0.3) is 0 Å². The minimum atomic E-state index is -1.31. The van der Waals surface area contributed by atoms with E-state index in [2.05, 4.69) is 0 Å². The van der Waals surface area contributed by atoms with Crippen molar-refractivity contribution in [3.05, 3.63) is 11.6 Å². The summed E-state index contributed by atoms with van der Waals surface area (Å²) < 4.78 is 0. The van der Waals surface area contributed by atoms with Gasteiger partial charge in [-0.05, 0) is 50.4 Å². The van der Waals surface area contributed by atoms with Crippen molar-refractivity contribution in [3.63, 3.8) is 0 Å². The SMILES string of the molecule is CC(=O)[C@H]1[C@@H](O)C[C@@]2(C)[C@@H]3CC=C(C(C)(C)C(=O)O)[C@@H](CC(=O)O)[C@@]3(C)C(=O)C[C@@]12C. The summed E-state index contributed by atoms with van der Waals surface area (Å²) in [6.07, 6.45) is 1.44. The van der Waals surface area contributed by atoms with Gasteiger partial charge in [-0.2, -0.15) is 0 Å². The normalized spacial score (nSPS) is 42.4. The lowest BCUT2D eigenvalue weighted by molar-refractivity contribution is -0.171. The van der Waals surface area contributed by atoms with Gasteiger partial charge in [0.15, 0.2) is 0 Å². The first-order valence-corrected chi connectivity index (χ1v) is 10.9. The Morgan fingerprint density at radius 3 is 2.19 bits per heavy atom. The van der Waals surface area contributed by atoms with Crippen LogP contribution in [0.4, 0.5) is 0 Å². The van der Waals surface area contributed by atoms with Crippen LogP contribution >= 0.6 is 0 Å². The van der Waals surface area contributed by atoms with E-state index in [9.17, 15) is 34.5 Å². The van der Waals surface area contributed by atoms with Crippen LogP contribution in [0.5, 0.6) is 0 Å². The molecule has 0 aromatic rings. The Kier molecular flexibility index (Phi) is 5.33. The zero-order valence-corrected chi connectivity index (χ0v) is 19.2. The molecular formula is C24H34O7. The average molecular weight is 435 g/mol. The number of allylic oxidation sites excluding steroid dienone is 1. The Morgan fingerprint density at radius 2 is 1.71 bits per heavy atom. The van der Waals surface area contributed by atoms with Gasteiger partial charge in [0.2, 0.25) is 0 Å². The molecule has 3 N–H and O–H groups in total. The Labute approximate surface area is 182 Å². The van der Waals surface area contributed by atoms with Gasteiger partial charge in [0.05, 0.1) is 17.9 Å². The Bertz CT molecular complexity index is 886. The van der Waals surface area contributed by atoms with E-state index in [0.29, 0.717) is 18.4 Å². The molecule has 2 saturated carbocycles. The number of carboxylic acid groups (broad SMARTS) is 2. The fraction of sp³-hybridized carbons (Fsp3) is 0.750. The molecule has 0 aromatic carbocycles. The maximum atomic E-state index is 13.8. The lowest BCUT2D eigenvalue weighted by Gasteiger charge is -2.62. The van der Waals surface area contributed by atoms with E-state index < -0.39 is 51.5 Å². The zero-order chi connectivity index (χ0) is 23.7. The van der Waals surface area contributed by atoms with Crippen molar-refractivity contribution in [2.75, 3.05) is 0 Å². The van der Waals surface area contributed by atoms with E-state index in [4.69, 9.17) is 0 Å². The largest absolute Gasteiger partial charge is 0.481 e. The number of hydrogen-bond donors (Lipinski definition) is 3. The van der Waals surface area contributed by atoms with Crippen LogP contribution in [-0.4, -0.2) is 44.9 Å². The molecule has 0 amide bonds. The molecule has 7 atom stereocenters. The van der Waals surface area contributed by atoms with Crippen molar-refractivity contribution >= 4 is 23.5 Å². The summed E-state index contributed by atoms with van der Waals surface area (Å²) in [6.45, 7) is 10.2. The van der Waals surface area contributed by atoms with Crippen LogP contribution < -0.4 is 0 Å². The predicted octanol–water partition coefficient (Wildman–Crippen LogP) is 3.10. The van der Waals surface area contributed by atoms with Crippen LogP contribution in [-0.2, 0) is 19.2 Å². The number of fused-ring (bicyclic) bond motifs is 3. The van der Waals surface area contributed by atoms with Crippen molar-refractivity contribution in [3.8, 4) is 0 Å². The molecular weight excluding hydrogens is 400 g/mol. The molecule has 7 nitrogen and oxygen atoms in total. The zero-order valence-electron chi connectivity index (χ0n) is 19.2. The number of aliphatic hydroxyl groups excluding tert-OH is 1. The van der Waals surface area contributed by atoms with Crippen molar-refractivity contribution < 1.29 is 34.5 Å². The lowest BCUT2D eigenvalue weighted by atomic mass is 9.40. The molecule has 3 rings (SSSR count). The molecule has 7 heteroatoms. The van der Waals surface area contributed by atoms with Gasteiger partial charge in [-0.1, -0.05) is 32.4 Å². The monoisotopic (exact) mass is 434 g/mol. The smallest absolute Gasteiger partial charge is 0.313 e. The molecule has 0 unspecified atom stereocenters. The van der Waals surface area contributed by atoms with E-state index in [1.807, 2.05) is 19.9 Å². The summed E-state index contributed by atoms with van der Waals surface area (Å²) in [6, 6.07) is 0. The molecule has 0 heterocycles. The minimum Gasteiger partial charge on any atom is -0.481 e. The highest BCUT2D eigenvalue weighted by molar-refractivity contribution is 5.91. The summed E-state index contributed by atoms with van der Waals surface area (Å²) in [5, 5.41) is 30.3. The molecule has 0 spiro atoms. The maximum absolute atomic E-state index is 13.8. The third-order valence-electron chi connectivity index (χ3n) is 9.38. The summed E-state index contributed by atoms with van der Waals surface area (Å²) in [4.78, 5) is 50.1. The van der Waals surface area contributed by atoms with Crippen molar-refractivity contribution in [1.82, 2.24) is 0 Å². The summed E-state index contributed by atoms with van der Waals surface area (Å²) in [7, 11) is 0. The molecule has 31 heavy (non-hydrogen) atoms. The maximum Gasteiger partial charge on any atom is 0.313 e. The van der Waals surface area contributed by atoms with Crippen LogP contribution in [0.1, 0.15) is 67.2 Å². The van der Waals surface area contributed by atoms with Gasteiger partial charge in [-0.3, -0.25) is 19.2 Å². The van der Waals surface area contributed by atoms with Crippen LogP contribution in [0.3, 0.4) is 0 Å². The second-order valence-corrected chi connectivity index (χ2v) is 11.1. The van der Waals surface area contributed by atoms with Crippen LogP contribution in [0.2, 0.25) is 0 Å². The van der Waals surface area contributed by atoms with Gasteiger partial charge in [0, 0.05) is 23.7 Å². The quantitative estimate of drug-likeness (QED) is 0.567. The van der Waals surface area contributed by atoms with E-state index >= 15 is 0 Å². The van der Waals surface area contributed by atoms with E-state index in [-0.39, 0.29) is 30.3 Å². The first kappa shape index (κ1) is 23.6. The average Bonchev–Trinajstić information content (AvgIpc) is 2.81. The summed E-state index contributed by atoms with van der Waals surface area (Å²) in [5.41, 5.74) is -3.23. The second-order valence-electron chi connectivity index (χ2n) is 11.1. The molecule has 0 aliphatic heterocycles. The standard InChI is InChI=1S/C24H34O7/c1-12(25)19-15(26)10-22(4)16-8-7-13(21(2,3)20(30)31)14(9-18(28)29)24(16,6)17(27)11-23(19,22)5/h7,14-16,19,26H,8-11H2,1-6H3,(H,28,29)(H,30,31)/t14-,15+,16+,19+,22+,23+,24-/m1/s1. The molecule has 2 fully saturated rings. The second kappa shape index (κ2) is 6.99.